The summed E-state index contributed by atoms with van der Waals surface area (Å²) in [6.45, 7) is -0.182. The summed E-state index contributed by atoms with van der Waals surface area (Å²) in [4.78, 5) is 12.9. The maximum Gasteiger partial charge on any atom is 0.281 e. The van der Waals surface area contributed by atoms with Gasteiger partial charge >= 0.3 is 0 Å². The topological polar surface area (TPSA) is 55.0 Å². The molecule has 3 aromatic rings. The Labute approximate surface area is 172 Å². The van der Waals surface area contributed by atoms with Crippen molar-refractivity contribution in [1.29, 1.82) is 0 Å². The molecule has 0 bridgehead atoms. The number of carbonyl (C=O) groups excluding carboxylic acids is 1. The van der Waals surface area contributed by atoms with Crippen LogP contribution in [0.4, 0.5) is 0 Å². The number of hydrogen-bond acceptors (Lipinski definition) is 4. The number of carbonyl (C=O) groups is 1. The van der Waals surface area contributed by atoms with Gasteiger partial charge in [-0.05, 0) is 42.0 Å². The zero-order valence-electron chi connectivity index (χ0n) is 14.7. The van der Waals surface area contributed by atoms with Crippen LogP contribution in [0.15, 0.2) is 76.4 Å². The van der Waals surface area contributed by atoms with Gasteiger partial charge < -0.3 is 9.15 Å². The van der Waals surface area contributed by atoms with Crippen molar-refractivity contribution >= 4 is 34.8 Å². The summed E-state index contributed by atoms with van der Waals surface area (Å²) in [6, 6.07) is 17.7. The summed E-state index contributed by atoms with van der Waals surface area (Å²) >= 11 is 12.1. The van der Waals surface area contributed by atoms with Crippen LogP contribution in [0.25, 0.3) is 0 Å². The Balaban J connectivity index is 1.56. The molecule has 5 nitrogen and oxygen atoms in total. The van der Waals surface area contributed by atoms with Crippen molar-refractivity contribution in [3.8, 4) is 5.75 Å². The maximum absolute atomic E-state index is 12.9. The lowest BCUT2D eigenvalue weighted by Crippen LogP contribution is -2.31. The maximum atomic E-state index is 12.9. The van der Waals surface area contributed by atoms with Crippen molar-refractivity contribution in [2.75, 3.05) is 6.61 Å². The van der Waals surface area contributed by atoms with E-state index in [4.69, 9.17) is 32.4 Å². The van der Waals surface area contributed by atoms with Gasteiger partial charge in [0.25, 0.3) is 5.91 Å². The molecule has 28 heavy (non-hydrogen) atoms. The lowest BCUT2D eigenvalue weighted by Gasteiger charge is -2.20. The van der Waals surface area contributed by atoms with E-state index in [0.717, 1.165) is 11.3 Å². The van der Waals surface area contributed by atoms with E-state index in [2.05, 4.69) is 5.10 Å². The molecule has 0 saturated heterocycles. The average Bonchev–Trinajstić information content (AvgIpc) is 3.37. The number of furan rings is 1. The SMILES string of the molecule is O=C(COc1ccccc1Cl)N1N=C(c2ccc(Cl)cc2)C[C@H]1c1ccco1. The predicted molar refractivity (Wildman–Crippen MR) is 108 cm³/mol. The summed E-state index contributed by atoms with van der Waals surface area (Å²) in [5.74, 6) is 0.831. The van der Waals surface area contributed by atoms with Crippen LogP contribution in [0.1, 0.15) is 23.8 Å². The minimum Gasteiger partial charge on any atom is -0.482 e. The highest BCUT2D eigenvalue weighted by molar-refractivity contribution is 6.32. The van der Waals surface area contributed by atoms with Crippen molar-refractivity contribution in [1.82, 2.24) is 5.01 Å². The number of ether oxygens (including phenoxy) is 1. The molecule has 1 aromatic heterocycles. The van der Waals surface area contributed by atoms with Gasteiger partial charge in [0.05, 0.1) is 17.0 Å². The van der Waals surface area contributed by atoms with Crippen LogP contribution in [0, 0.1) is 0 Å². The molecule has 1 aliphatic heterocycles. The van der Waals surface area contributed by atoms with E-state index >= 15 is 0 Å². The fourth-order valence-corrected chi connectivity index (χ4v) is 3.34. The number of hydrogen-bond donors (Lipinski definition) is 0. The Morgan fingerprint density at radius 2 is 1.89 bits per heavy atom. The van der Waals surface area contributed by atoms with Gasteiger partial charge in [0.1, 0.15) is 17.6 Å². The molecule has 0 spiro atoms. The summed E-state index contributed by atoms with van der Waals surface area (Å²) in [7, 11) is 0. The van der Waals surface area contributed by atoms with Gasteiger partial charge in [-0.25, -0.2) is 5.01 Å². The van der Waals surface area contributed by atoms with Crippen molar-refractivity contribution in [2.45, 2.75) is 12.5 Å². The Kier molecular flexibility index (Phi) is 5.37. The molecule has 0 aliphatic carbocycles. The lowest BCUT2D eigenvalue weighted by molar-refractivity contribution is -0.135. The molecule has 0 saturated carbocycles. The molecule has 1 atom stereocenters. The highest BCUT2D eigenvalue weighted by Crippen LogP contribution is 2.33. The average molecular weight is 415 g/mol. The third-order valence-corrected chi connectivity index (χ3v) is 4.97. The van der Waals surface area contributed by atoms with E-state index in [1.165, 1.54) is 5.01 Å². The van der Waals surface area contributed by atoms with E-state index < -0.39 is 0 Å². The zero-order valence-corrected chi connectivity index (χ0v) is 16.2. The minimum atomic E-state index is -0.331. The van der Waals surface area contributed by atoms with Gasteiger partial charge in [0.15, 0.2) is 6.61 Å². The van der Waals surface area contributed by atoms with Crippen molar-refractivity contribution in [3.63, 3.8) is 0 Å². The van der Waals surface area contributed by atoms with Crippen LogP contribution in [-0.2, 0) is 4.79 Å². The van der Waals surface area contributed by atoms with E-state index in [9.17, 15) is 4.79 Å². The van der Waals surface area contributed by atoms with Gasteiger partial charge in [-0.15, -0.1) is 0 Å². The number of hydrazone groups is 1. The molecule has 1 amide bonds. The number of nitrogens with zero attached hydrogens (tertiary/aromatic N) is 2. The first-order chi connectivity index (χ1) is 13.6. The molecule has 7 heteroatoms. The van der Waals surface area contributed by atoms with Gasteiger partial charge in [-0.2, -0.15) is 5.10 Å². The van der Waals surface area contributed by atoms with E-state index in [-0.39, 0.29) is 18.6 Å². The number of halogens is 2. The van der Waals surface area contributed by atoms with Crippen LogP contribution >= 0.6 is 23.2 Å². The summed E-state index contributed by atoms with van der Waals surface area (Å²) in [5.41, 5.74) is 1.69. The van der Waals surface area contributed by atoms with Crippen LogP contribution in [0.3, 0.4) is 0 Å². The highest BCUT2D eigenvalue weighted by atomic mass is 35.5. The van der Waals surface area contributed by atoms with Crippen LogP contribution in [0.5, 0.6) is 5.75 Å². The normalized spacial score (nSPS) is 16.1. The Hall–Kier alpha value is -2.76. The lowest BCUT2D eigenvalue weighted by atomic mass is 10.0. The first-order valence-corrected chi connectivity index (χ1v) is 9.43. The van der Waals surface area contributed by atoms with E-state index in [0.29, 0.717) is 28.0 Å². The summed E-state index contributed by atoms with van der Waals surface area (Å²) < 4.78 is 11.1. The number of para-hydroxylation sites is 1. The second-order valence-electron chi connectivity index (χ2n) is 6.25. The molecule has 142 valence electrons. The number of amides is 1. The fourth-order valence-electron chi connectivity index (χ4n) is 3.03. The molecule has 2 aromatic carbocycles. The largest absolute Gasteiger partial charge is 0.482 e. The van der Waals surface area contributed by atoms with Crippen molar-refractivity contribution < 1.29 is 13.9 Å². The second-order valence-corrected chi connectivity index (χ2v) is 7.09. The van der Waals surface area contributed by atoms with Crippen molar-refractivity contribution in [3.05, 3.63) is 88.3 Å². The monoisotopic (exact) mass is 414 g/mol. The smallest absolute Gasteiger partial charge is 0.281 e. The van der Waals surface area contributed by atoms with Gasteiger partial charge in [-0.3, -0.25) is 4.79 Å². The minimum absolute atomic E-state index is 0.182. The second kappa shape index (κ2) is 8.09. The third-order valence-electron chi connectivity index (χ3n) is 4.40. The van der Waals surface area contributed by atoms with Crippen LogP contribution < -0.4 is 4.74 Å². The Bertz CT molecular complexity index is 1000. The molecular formula is C21H16Cl2N2O3. The molecule has 4 rings (SSSR count). The van der Waals surface area contributed by atoms with Crippen molar-refractivity contribution in [2.24, 2.45) is 5.10 Å². The van der Waals surface area contributed by atoms with Gasteiger partial charge in [-0.1, -0.05) is 47.5 Å². The zero-order chi connectivity index (χ0) is 19.5. The molecule has 1 aliphatic rings. The third kappa shape index (κ3) is 3.91. The summed E-state index contributed by atoms with van der Waals surface area (Å²) in [5, 5.41) is 7.05. The molecule has 2 heterocycles. The van der Waals surface area contributed by atoms with Gasteiger partial charge in [0.2, 0.25) is 0 Å². The number of rotatable bonds is 5. The highest BCUT2D eigenvalue weighted by Gasteiger charge is 2.35. The first-order valence-electron chi connectivity index (χ1n) is 8.68. The molecular weight excluding hydrogens is 399 g/mol. The van der Waals surface area contributed by atoms with E-state index in [1.807, 2.05) is 18.2 Å². The molecule has 0 radical (unpaired) electrons. The fraction of sp³-hybridized carbons (Fsp3) is 0.143. The molecule has 0 fully saturated rings. The molecule has 0 unspecified atom stereocenters. The molecule has 0 N–H and O–H groups in total. The summed E-state index contributed by atoms with van der Waals surface area (Å²) in [6.07, 6.45) is 2.12. The van der Waals surface area contributed by atoms with E-state index in [1.54, 1.807) is 48.7 Å². The predicted octanol–water partition coefficient (Wildman–Crippen LogP) is 5.34. The van der Waals surface area contributed by atoms with Crippen LogP contribution in [0.2, 0.25) is 10.0 Å². The standard InChI is InChI=1S/C21H16Cl2N2O3/c22-15-9-7-14(8-10-15)17-12-18(20-6-3-11-27-20)25(24-17)21(26)13-28-19-5-2-1-4-16(19)23/h1-11,18H,12-13H2/t18-/m0/s1. The van der Waals surface area contributed by atoms with Crippen LogP contribution in [-0.4, -0.2) is 23.2 Å². The number of benzene rings is 2. The quantitative estimate of drug-likeness (QED) is 0.565. The first kappa shape index (κ1) is 18.6. The van der Waals surface area contributed by atoms with Gasteiger partial charge in [0, 0.05) is 11.4 Å². The Morgan fingerprint density at radius 1 is 1.11 bits per heavy atom. The Morgan fingerprint density at radius 3 is 2.61 bits per heavy atom.